The number of rotatable bonds is 5. The molecule has 2 unspecified atom stereocenters. The minimum atomic E-state index is -3.65. The Morgan fingerprint density at radius 1 is 1.33 bits per heavy atom. The van der Waals surface area contributed by atoms with Gasteiger partial charge in [-0.1, -0.05) is 19.1 Å². The van der Waals surface area contributed by atoms with Gasteiger partial charge in [-0.2, -0.15) is 4.31 Å². The summed E-state index contributed by atoms with van der Waals surface area (Å²) in [6.45, 7) is 2.12. The van der Waals surface area contributed by atoms with Crippen LogP contribution in [-0.4, -0.2) is 48.1 Å². The van der Waals surface area contributed by atoms with Crippen molar-refractivity contribution in [2.75, 3.05) is 13.2 Å². The summed E-state index contributed by atoms with van der Waals surface area (Å²) < 4.78 is 26.5. The molecule has 0 radical (unpaired) electrons. The number of sulfonamides is 1. The summed E-state index contributed by atoms with van der Waals surface area (Å²) in [5.41, 5.74) is 0.551. The molecular formula is C14H19NO5S. The van der Waals surface area contributed by atoms with Crippen molar-refractivity contribution in [2.24, 2.45) is 5.92 Å². The minimum absolute atomic E-state index is 0.121. The van der Waals surface area contributed by atoms with Crippen LogP contribution in [0.2, 0.25) is 0 Å². The van der Waals surface area contributed by atoms with Crippen molar-refractivity contribution >= 4 is 16.0 Å². The fraction of sp³-hybridized carbons (Fsp3) is 0.500. The number of carboxylic acid groups (broad SMARTS) is 1. The van der Waals surface area contributed by atoms with Crippen LogP contribution in [0.4, 0.5) is 0 Å². The fourth-order valence-electron chi connectivity index (χ4n) is 2.63. The maximum Gasteiger partial charge on any atom is 0.307 e. The highest BCUT2D eigenvalue weighted by atomic mass is 32.2. The number of carbonyl (C=O) groups is 1. The van der Waals surface area contributed by atoms with E-state index < -0.39 is 22.0 Å². The van der Waals surface area contributed by atoms with E-state index in [9.17, 15) is 18.3 Å². The van der Waals surface area contributed by atoms with Crippen molar-refractivity contribution in [3.05, 3.63) is 29.8 Å². The third kappa shape index (κ3) is 3.25. The van der Waals surface area contributed by atoms with E-state index in [2.05, 4.69) is 0 Å². The molecule has 7 heteroatoms. The van der Waals surface area contributed by atoms with Gasteiger partial charge in [0.15, 0.2) is 0 Å². The lowest BCUT2D eigenvalue weighted by molar-refractivity contribution is -0.136. The monoisotopic (exact) mass is 313 g/mol. The van der Waals surface area contributed by atoms with Crippen LogP contribution in [0.3, 0.4) is 0 Å². The first-order valence-corrected chi connectivity index (χ1v) is 8.23. The molecule has 1 aromatic carbocycles. The largest absolute Gasteiger partial charge is 0.481 e. The second-order valence-corrected chi connectivity index (χ2v) is 7.24. The Morgan fingerprint density at radius 3 is 2.48 bits per heavy atom. The molecule has 2 atom stereocenters. The molecule has 1 fully saturated rings. The molecule has 1 aliphatic rings. The van der Waals surface area contributed by atoms with Gasteiger partial charge in [-0.25, -0.2) is 8.42 Å². The van der Waals surface area contributed by atoms with Crippen molar-refractivity contribution in [1.82, 2.24) is 4.31 Å². The summed E-state index contributed by atoms with van der Waals surface area (Å²) in [6.07, 6.45) is 0.585. The van der Waals surface area contributed by atoms with E-state index >= 15 is 0 Å². The smallest absolute Gasteiger partial charge is 0.307 e. The lowest BCUT2D eigenvalue weighted by Crippen LogP contribution is -2.39. The minimum Gasteiger partial charge on any atom is -0.481 e. The maximum absolute atomic E-state index is 12.6. The number of hydrogen-bond donors (Lipinski definition) is 2. The van der Waals surface area contributed by atoms with E-state index in [1.54, 1.807) is 0 Å². The van der Waals surface area contributed by atoms with Crippen LogP contribution < -0.4 is 0 Å². The average Bonchev–Trinajstić information content (AvgIpc) is 2.80. The van der Waals surface area contributed by atoms with E-state index in [0.29, 0.717) is 12.1 Å². The Bertz CT molecular complexity index is 611. The standard InChI is InChI=1S/C14H19NO5S/c1-10-6-7-15(13(10)9-16)21(19,20)12-4-2-11(3-5-12)8-14(17)18/h2-5,10,13,16H,6-9H2,1H3,(H,17,18). The van der Waals surface area contributed by atoms with Crippen LogP contribution in [0.5, 0.6) is 0 Å². The highest BCUT2D eigenvalue weighted by Gasteiger charge is 2.39. The number of benzene rings is 1. The molecule has 6 nitrogen and oxygen atoms in total. The molecule has 1 heterocycles. The molecule has 0 saturated carbocycles. The van der Waals surface area contributed by atoms with Gasteiger partial charge >= 0.3 is 5.97 Å². The topological polar surface area (TPSA) is 94.9 Å². The Morgan fingerprint density at radius 2 is 1.95 bits per heavy atom. The SMILES string of the molecule is CC1CCN(S(=O)(=O)c2ccc(CC(=O)O)cc2)C1CO. The normalized spacial score (nSPS) is 23.3. The number of carboxylic acids is 1. The summed E-state index contributed by atoms with van der Waals surface area (Å²) in [7, 11) is -3.65. The summed E-state index contributed by atoms with van der Waals surface area (Å²) in [6, 6.07) is 5.47. The van der Waals surface area contributed by atoms with Gasteiger partial charge in [-0.3, -0.25) is 4.79 Å². The average molecular weight is 313 g/mol. The van der Waals surface area contributed by atoms with Gasteiger partial charge in [-0.05, 0) is 30.0 Å². The molecule has 0 spiro atoms. The van der Waals surface area contributed by atoms with Crippen LogP contribution in [0.1, 0.15) is 18.9 Å². The van der Waals surface area contributed by atoms with Crippen LogP contribution in [0.25, 0.3) is 0 Å². The zero-order valence-electron chi connectivity index (χ0n) is 11.8. The van der Waals surface area contributed by atoms with E-state index in [1.165, 1.54) is 28.6 Å². The van der Waals surface area contributed by atoms with Crippen LogP contribution >= 0.6 is 0 Å². The molecular weight excluding hydrogens is 294 g/mol. The highest BCUT2D eigenvalue weighted by molar-refractivity contribution is 7.89. The van der Waals surface area contributed by atoms with E-state index in [-0.39, 0.29) is 23.8 Å². The van der Waals surface area contributed by atoms with Crippen LogP contribution in [0, 0.1) is 5.92 Å². The fourth-order valence-corrected chi connectivity index (χ4v) is 4.36. The number of nitrogens with zero attached hydrogens (tertiary/aromatic N) is 1. The first-order chi connectivity index (χ1) is 9.86. The predicted octanol–water partition coefficient (Wildman–Crippen LogP) is 0.705. The molecule has 1 aromatic rings. The molecule has 2 N–H and O–H groups in total. The van der Waals surface area contributed by atoms with Gasteiger partial charge in [0.1, 0.15) is 0 Å². The molecule has 2 rings (SSSR count). The third-order valence-corrected chi connectivity index (χ3v) is 5.84. The second-order valence-electron chi connectivity index (χ2n) is 5.35. The molecule has 0 bridgehead atoms. The highest BCUT2D eigenvalue weighted by Crippen LogP contribution is 2.29. The Labute approximate surface area is 124 Å². The number of aliphatic hydroxyl groups excluding tert-OH is 1. The Balaban J connectivity index is 2.25. The lowest BCUT2D eigenvalue weighted by Gasteiger charge is -2.24. The maximum atomic E-state index is 12.6. The lowest BCUT2D eigenvalue weighted by atomic mass is 10.0. The quantitative estimate of drug-likeness (QED) is 0.834. The van der Waals surface area contributed by atoms with Crippen molar-refractivity contribution in [2.45, 2.75) is 30.7 Å². The number of aliphatic carboxylic acids is 1. The molecule has 21 heavy (non-hydrogen) atoms. The summed E-state index contributed by atoms with van der Waals surface area (Å²) in [5, 5.41) is 18.1. The summed E-state index contributed by atoms with van der Waals surface area (Å²) >= 11 is 0. The first-order valence-electron chi connectivity index (χ1n) is 6.79. The molecule has 1 saturated heterocycles. The zero-order valence-corrected chi connectivity index (χ0v) is 12.6. The summed E-state index contributed by atoms with van der Waals surface area (Å²) in [5.74, 6) is -0.838. The summed E-state index contributed by atoms with van der Waals surface area (Å²) in [4.78, 5) is 10.8. The van der Waals surface area contributed by atoms with Crippen LogP contribution in [-0.2, 0) is 21.2 Å². The number of aliphatic hydroxyl groups is 1. The van der Waals surface area contributed by atoms with Gasteiger partial charge in [0.05, 0.1) is 24.0 Å². The number of hydrogen-bond acceptors (Lipinski definition) is 4. The Hall–Kier alpha value is -1.44. The third-order valence-electron chi connectivity index (χ3n) is 3.90. The second kappa shape index (κ2) is 6.13. The van der Waals surface area contributed by atoms with Gasteiger partial charge in [0.2, 0.25) is 10.0 Å². The van der Waals surface area contributed by atoms with E-state index in [4.69, 9.17) is 5.11 Å². The van der Waals surface area contributed by atoms with E-state index in [1.807, 2.05) is 6.92 Å². The Kier molecular flexibility index (Phi) is 4.65. The molecule has 0 aromatic heterocycles. The van der Waals surface area contributed by atoms with Gasteiger partial charge < -0.3 is 10.2 Å². The molecule has 1 aliphatic heterocycles. The molecule has 0 amide bonds. The van der Waals surface area contributed by atoms with Crippen molar-refractivity contribution in [1.29, 1.82) is 0 Å². The molecule has 116 valence electrons. The van der Waals surface area contributed by atoms with E-state index in [0.717, 1.165) is 6.42 Å². The predicted molar refractivity (Wildman–Crippen MR) is 76.3 cm³/mol. The molecule has 0 aliphatic carbocycles. The van der Waals surface area contributed by atoms with Crippen molar-refractivity contribution in [3.8, 4) is 0 Å². The zero-order chi connectivity index (χ0) is 15.6. The van der Waals surface area contributed by atoms with Gasteiger partial charge in [0, 0.05) is 6.54 Å². The van der Waals surface area contributed by atoms with Crippen molar-refractivity contribution < 1.29 is 23.4 Å². The first kappa shape index (κ1) is 15.9. The van der Waals surface area contributed by atoms with Crippen LogP contribution in [0.15, 0.2) is 29.2 Å². The van der Waals surface area contributed by atoms with Crippen molar-refractivity contribution in [3.63, 3.8) is 0 Å². The van der Waals surface area contributed by atoms with Gasteiger partial charge in [-0.15, -0.1) is 0 Å². The van der Waals surface area contributed by atoms with Gasteiger partial charge in [0.25, 0.3) is 0 Å².